The lowest BCUT2D eigenvalue weighted by Crippen LogP contribution is -2.35. The normalized spacial score (nSPS) is 12.8. The van der Waals surface area contributed by atoms with Crippen LogP contribution in [0.5, 0.6) is 0 Å². The highest BCUT2D eigenvalue weighted by atomic mass is 32.2. The molecule has 0 amide bonds. The maximum absolute atomic E-state index is 12.1. The van der Waals surface area contributed by atoms with E-state index < -0.39 is 9.84 Å². The fourth-order valence-electron chi connectivity index (χ4n) is 1.77. The molecule has 0 radical (unpaired) electrons. The fourth-order valence-corrected chi connectivity index (χ4v) is 2.95. The summed E-state index contributed by atoms with van der Waals surface area (Å²) >= 11 is 0. The number of rotatable bonds is 8. The minimum absolute atomic E-state index is 0.0269. The van der Waals surface area contributed by atoms with Crippen molar-refractivity contribution in [3.63, 3.8) is 0 Å². The van der Waals surface area contributed by atoms with Crippen molar-refractivity contribution in [2.75, 3.05) is 26.0 Å². The first-order valence-corrected chi connectivity index (χ1v) is 8.14. The van der Waals surface area contributed by atoms with Crippen molar-refractivity contribution in [3.05, 3.63) is 29.8 Å². The summed E-state index contributed by atoms with van der Waals surface area (Å²) in [5.74, 6) is 0.0269. The summed E-state index contributed by atoms with van der Waals surface area (Å²) in [7, 11) is -1.69. The SMILES string of the molecule is CCC(COC)NCCS(=O)(=O)c1ccc(C#N)cc1. The average Bonchev–Trinajstić information content (AvgIpc) is 2.46. The Morgan fingerprint density at radius 3 is 2.50 bits per heavy atom. The molecule has 0 aliphatic rings. The van der Waals surface area contributed by atoms with Crippen LogP contribution in [0.4, 0.5) is 0 Å². The third-order valence-corrected chi connectivity index (χ3v) is 4.74. The Morgan fingerprint density at radius 2 is 2.00 bits per heavy atom. The molecule has 1 N–H and O–H groups in total. The molecule has 1 unspecified atom stereocenters. The Kier molecular flexibility index (Phi) is 6.65. The van der Waals surface area contributed by atoms with Crippen molar-refractivity contribution >= 4 is 9.84 Å². The van der Waals surface area contributed by atoms with Gasteiger partial charge in [-0.05, 0) is 30.7 Å². The molecular weight excluding hydrogens is 276 g/mol. The van der Waals surface area contributed by atoms with Crippen LogP contribution >= 0.6 is 0 Å². The monoisotopic (exact) mass is 296 g/mol. The van der Waals surface area contributed by atoms with Gasteiger partial charge >= 0.3 is 0 Å². The van der Waals surface area contributed by atoms with Crippen LogP contribution in [0, 0.1) is 11.3 Å². The Morgan fingerprint density at radius 1 is 1.35 bits per heavy atom. The molecule has 0 saturated heterocycles. The summed E-state index contributed by atoms with van der Waals surface area (Å²) < 4.78 is 29.3. The van der Waals surface area contributed by atoms with Crippen LogP contribution in [0.15, 0.2) is 29.2 Å². The van der Waals surface area contributed by atoms with Crippen LogP contribution in [-0.4, -0.2) is 40.5 Å². The number of nitrogens with one attached hydrogen (secondary N) is 1. The Balaban J connectivity index is 2.59. The third-order valence-electron chi connectivity index (χ3n) is 3.01. The van der Waals surface area contributed by atoms with E-state index in [0.29, 0.717) is 18.7 Å². The number of nitrogens with zero attached hydrogens (tertiary/aromatic N) is 1. The molecular formula is C14H20N2O3S. The predicted molar refractivity (Wildman–Crippen MR) is 77.2 cm³/mol. The first-order valence-electron chi connectivity index (χ1n) is 6.48. The van der Waals surface area contributed by atoms with E-state index in [-0.39, 0.29) is 16.7 Å². The highest BCUT2D eigenvalue weighted by Crippen LogP contribution is 2.11. The number of benzene rings is 1. The molecule has 0 aliphatic carbocycles. The lowest BCUT2D eigenvalue weighted by Gasteiger charge is -2.15. The number of nitriles is 1. The third kappa shape index (κ3) is 4.93. The van der Waals surface area contributed by atoms with Gasteiger partial charge in [0.2, 0.25) is 0 Å². The molecule has 0 aliphatic heterocycles. The van der Waals surface area contributed by atoms with Gasteiger partial charge in [0, 0.05) is 19.7 Å². The van der Waals surface area contributed by atoms with Crippen molar-refractivity contribution < 1.29 is 13.2 Å². The molecule has 0 spiro atoms. The molecule has 6 heteroatoms. The molecule has 0 bridgehead atoms. The molecule has 1 aromatic rings. The van der Waals surface area contributed by atoms with Crippen LogP contribution in [0.25, 0.3) is 0 Å². The van der Waals surface area contributed by atoms with Gasteiger partial charge in [0.1, 0.15) is 0 Å². The molecule has 20 heavy (non-hydrogen) atoms. The van der Waals surface area contributed by atoms with Gasteiger partial charge in [0.15, 0.2) is 9.84 Å². The van der Waals surface area contributed by atoms with Crippen LogP contribution in [0.3, 0.4) is 0 Å². The van der Waals surface area contributed by atoms with Crippen molar-refractivity contribution in [1.29, 1.82) is 5.26 Å². The summed E-state index contributed by atoms with van der Waals surface area (Å²) in [4.78, 5) is 0.248. The highest BCUT2D eigenvalue weighted by molar-refractivity contribution is 7.91. The largest absolute Gasteiger partial charge is 0.383 e. The maximum atomic E-state index is 12.1. The van der Waals surface area contributed by atoms with Gasteiger partial charge in [-0.3, -0.25) is 0 Å². The van der Waals surface area contributed by atoms with Crippen molar-refractivity contribution in [2.24, 2.45) is 0 Å². The summed E-state index contributed by atoms with van der Waals surface area (Å²) in [6.45, 7) is 2.96. The standard InChI is InChI=1S/C14H20N2O3S/c1-3-13(11-19-2)16-8-9-20(17,18)14-6-4-12(10-15)5-7-14/h4-7,13,16H,3,8-9,11H2,1-2H3. The van der Waals surface area contributed by atoms with Gasteiger partial charge in [0.25, 0.3) is 0 Å². The molecule has 0 heterocycles. The zero-order valence-electron chi connectivity index (χ0n) is 11.8. The molecule has 1 rings (SSSR count). The summed E-state index contributed by atoms with van der Waals surface area (Å²) in [5, 5.41) is 11.9. The van der Waals surface area contributed by atoms with Crippen molar-refractivity contribution in [1.82, 2.24) is 5.32 Å². The number of sulfone groups is 1. The van der Waals surface area contributed by atoms with E-state index in [4.69, 9.17) is 10.00 Å². The van der Waals surface area contributed by atoms with E-state index in [1.54, 1.807) is 7.11 Å². The molecule has 5 nitrogen and oxygen atoms in total. The molecule has 1 atom stereocenters. The van der Waals surface area contributed by atoms with Crippen LogP contribution < -0.4 is 5.32 Å². The maximum Gasteiger partial charge on any atom is 0.179 e. The molecule has 1 aromatic carbocycles. The molecule has 110 valence electrons. The number of methoxy groups -OCH3 is 1. The second kappa shape index (κ2) is 8.00. The smallest absolute Gasteiger partial charge is 0.179 e. The topological polar surface area (TPSA) is 79.2 Å². The van der Waals surface area contributed by atoms with Crippen molar-refractivity contribution in [2.45, 2.75) is 24.3 Å². The van der Waals surface area contributed by atoms with Crippen molar-refractivity contribution in [3.8, 4) is 6.07 Å². The van der Waals surface area contributed by atoms with Crippen LogP contribution in [0.2, 0.25) is 0 Å². The first-order chi connectivity index (χ1) is 9.53. The van der Waals surface area contributed by atoms with Crippen LogP contribution in [0.1, 0.15) is 18.9 Å². The van der Waals surface area contributed by atoms with Gasteiger partial charge in [-0.2, -0.15) is 5.26 Å². The fraction of sp³-hybridized carbons (Fsp3) is 0.500. The van der Waals surface area contributed by atoms with E-state index in [2.05, 4.69) is 5.32 Å². The van der Waals surface area contributed by atoms with Crippen LogP contribution in [-0.2, 0) is 14.6 Å². The zero-order chi connectivity index (χ0) is 15.0. The molecule has 0 aromatic heterocycles. The average molecular weight is 296 g/mol. The summed E-state index contributed by atoms with van der Waals surface area (Å²) in [6.07, 6.45) is 0.880. The van der Waals surface area contributed by atoms with Gasteiger partial charge < -0.3 is 10.1 Å². The Bertz CT molecular complexity index is 547. The van der Waals surface area contributed by atoms with Gasteiger partial charge in [-0.1, -0.05) is 6.92 Å². The summed E-state index contributed by atoms with van der Waals surface area (Å²) in [5.41, 5.74) is 0.452. The van der Waals surface area contributed by atoms with Gasteiger partial charge in [-0.25, -0.2) is 8.42 Å². The first kappa shape index (κ1) is 16.6. The molecule has 0 fully saturated rings. The Labute approximate surface area is 120 Å². The lowest BCUT2D eigenvalue weighted by molar-refractivity contribution is 0.165. The minimum Gasteiger partial charge on any atom is -0.383 e. The second-order valence-electron chi connectivity index (χ2n) is 4.47. The van der Waals surface area contributed by atoms with Gasteiger partial charge in [-0.15, -0.1) is 0 Å². The van der Waals surface area contributed by atoms with E-state index in [9.17, 15) is 8.42 Å². The zero-order valence-corrected chi connectivity index (χ0v) is 12.6. The number of hydrogen-bond acceptors (Lipinski definition) is 5. The number of ether oxygens (including phenoxy) is 1. The Hall–Kier alpha value is -1.42. The molecule has 0 saturated carbocycles. The lowest BCUT2D eigenvalue weighted by atomic mass is 10.2. The van der Waals surface area contributed by atoms with E-state index >= 15 is 0 Å². The number of hydrogen-bond donors (Lipinski definition) is 1. The van der Waals surface area contributed by atoms with E-state index in [0.717, 1.165) is 6.42 Å². The highest BCUT2D eigenvalue weighted by Gasteiger charge is 2.15. The minimum atomic E-state index is -3.32. The predicted octanol–water partition coefficient (Wildman–Crippen LogP) is 1.35. The van der Waals surface area contributed by atoms with E-state index in [1.165, 1.54) is 24.3 Å². The van der Waals surface area contributed by atoms with E-state index in [1.807, 2.05) is 13.0 Å². The quantitative estimate of drug-likeness (QED) is 0.783. The second-order valence-corrected chi connectivity index (χ2v) is 6.58. The summed E-state index contributed by atoms with van der Waals surface area (Å²) in [6, 6.07) is 8.10. The van der Waals surface area contributed by atoms with Gasteiger partial charge in [0.05, 0.1) is 28.9 Å².